The van der Waals surface area contributed by atoms with Crippen molar-refractivity contribution in [3.8, 4) is 0 Å². The minimum absolute atomic E-state index is 0.00856. The highest BCUT2D eigenvalue weighted by atomic mass is 16.7. The summed E-state index contributed by atoms with van der Waals surface area (Å²) in [7, 11) is 0. The van der Waals surface area contributed by atoms with Gasteiger partial charge in [0.2, 0.25) is 11.7 Å². The number of aliphatic hydroxyl groups is 4. The highest BCUT2D eigenvalue weighted by molar-refractivity contribution is 5.75. The molecule has 98 valence electrons. The molecule has 1 amide bonds. The Labute approximate surface area is 96.8 Å². The van der Waals surface area contributed by atoms with Crippen molar-refractivity contribution in [2.75, 3.05) is 6.61 Å². The minimum Gasteiger partial charge on any atom is -0.394 e. The Hall–Kier alpha value is -1.06. The van der Waals surface area contributed by atoms with Crippen LogP contribution < -0.4 is 5.32 Å². The number of amides is 1. The fourth-order valence-electron chi connectivity index (χ4n) is 1.70. The molecule has 1 unspecified atom stereocenters. The molecule has 1 aliphatic heterocycles. The van der Waals surface area contributed by atoms with Gasteiger partial charge >= 0.3 is 0 Å². The van der Waals surface area contributed by atoms with Crippen molar-refractivity contribution in [3.63, 3.8) is 0 Å². The first-order chi connectivity index (χ1) is 7.85. The second-order valence-electron chi connectivity index (χ2n) is 3.87. The van der Waals surface area contributed by atoms with Crippen LogP contribution in [-0.2, 0) is 14.3 Å². The predicted octanol–water partition coefficient (Wildman–Crippen LogP) is -3.51. The van der Waals surface area contributed by atoms with Crippen molar-refractivity contribution in [1.29, 1.82) is 0 Å². The van der Waals surface area contributed by atoms with Gasteiger partial charge in [-0.15, -0.1) is 0 Å². The van der Waals surface area contributed by atoms with E-state index < -0.39 is 42.7 Å². The molecular weight excluding hydrogens is 234 g/mol. The Morgan fingerprint density at radius 2 is 2.06 bits per heavy atom. The van der Waals surface area contributed by atoms with E-state index in [9.17, 15) is 24.9 Å². The Morgan fingerprint density at radius 3 is 2.47 bits per heavy atom. The third kappa shape index (κ3) is 2.61. The second-order valence-corrected chi connectivity index (χ2v) is 3.87. The van der Waals surface area contributed by atoms with E-state index in [0.717, 1.165) is 6.92 Å². The molecule has 0 aromatic heterocycles. The zero-order chi connectivity index (χ0) is 13.2. The van der Waals surface area contributed by atoms with Gasteiger partial charge in [0, 0.05) is 6.92 Å². The van der Waals surface area contributed by atoms with Gasteiger partial charge in [-0.05, 0) is 0 Å². The predicted molar refractivity (Wildman–Crippen MR) is 52.6 cm³/mol. The van der Waals surface area contributed by atoms with Gasteiger partial charge < -0.3 is 30.5 Å². The molecule has 0 aliphatic carbocycles. The molecule has 1 heterocycles. The molecule has 8 nitrogen and oxygen atoms in total. The summed E-state index contributed by atoms with van der Waals surface area (Å²) in [5, 5.41) is 40.0. The van der Waals surface area contributed by atoms with Crippen LogP contribution in [0.2, 0.25) is 0 Å². The van der Waals surface area contributed by atoms with Gasteiger partial charge in [0.05, 0.1) is 6.61 Å². The second kappa shape index (κ2) is 5.07. The lowest BCUT2D eigenvalue weighted by Gasteiger charge is -2.44. The number of carbonyl (C=O) groups is 2. The van der Waals surface area contributed by atoms with Crippen LogP contribution in [0.1, 0.15) is 6.92 Å². The number of aldehydes is 1. The maximum Gasteiger partial charge on any atom is 0.247 e. The number of aliphatic hydroxyl groups excluding tert-OH is 3. The topological polar surface area (TPSA) is 136 Å². The summed E-state index contributed by atoms with van der Waals surface area (Å²) >= 11 is 0. The fraction of sp³-hybridized carbons (Fsp3) is 0.778. The molecule has 5 atom stereocenters. The van der Waals surface area contributed by atoms with Crippen LogP contribution in [0.4, 0.5) is 0 Å². The van der Waals surface area contributed by atoms with Gasteiger partial charge in [-0.2, -0.15) is 0 Å². The first kappa shape index (κ1) is 14.0. The largest absolute Gasteiger partial charge is 0.394 e. The lowest BCUT2D eigenvalue weighted by atomic mass is 9.91. The highest BCUT2D eigenvalue weighted by Crippen LogP contribution is 2.26. The lowest BCUT2D eigenvalue weighted by Crippen LogP contribution is -2.70. The van der Waals surface area contributed by atoms with E-state index in [1.807, 2.05) is 0 Å². The maximum atomic E-state index is 10.9. The molecule has 5 N–H and O–H groups in total. The number of hydrogen-bond donors (Lipinski definition) is 5. The maximum absolute atomic E-state index is 10.9. The van der Waals surface area contributed by atoms with E-state index >= 15 is 0 Å². The molecule has 8 heteroatoms. The van der Waals surface area contributed by atoms with Crippen molar-refractivity contribution in [1.82, 2.24) is 5.32 Å². The van der Waals surface area contributed by atoms with E-state index in [0.29, 0.717) is 0 Å². The molecule has 1 saturated heterocycles. The van der Waals surface area contributed by atoms with Crippen LogP contribution in [-0.4, -0.2) is 69.4 Å². The number of rotatable bonds is 3. The van der Waals surface area contributed by atoms with Crippen LogP contribution in [0.15, 0.2) is 0 Å². The summed E-state index contributed by atoms with van der Waals surface area (Å²) < 4.78 is 4.78. The van der Waals surface area contributed by atoms with Crippen LogP contribution in [0, 0.1) is 0 Å². The zero-order valence-electron chi connectivity index (χ0n) is 9.11. The van der Waals surface area contributed by atoms with Gasteiger partial charge in [-0.25, -0.2) is 0 Å². The summed E-state index contributed by atoms with van der Waals surface area (Å²) in [6.07, 6.45) is -4.49. The van der Waals surface area contributed by atoms with Crippen molar-refractivity contribution < 1.29 is 34.8 Å². The highest BCUT2D eigenvalue weighted by Gasteiger charge is 2.53. The van der Waals surface area contributed by atoms with Crippen LogP contribution in [0.3, 0.4) is 0 Å². The van der Waals surface area contributed by atoms with Crippen molar-refractivity contribution in [3.05, 3.63) is 0 Å². The number of carbonyl (C=O) groups excluding carboxylic acids is 2. The van der Waals surface area contributed by atoms with Gasteiger partial charge in [0.15, 0.2) is 6.29 Å². The van der Waals surface area contributed by atoms with Crippen molar-refractivity contribution in [2.45, 2.75) is 37.1 Å². The van der Waals surface area contributed by atoms with Gasteiger partial charge in [-0.3, -0.25) is 9.59 Å². The van der Waals surface area contributed by atoms with Crippen LogP contribution in [0.25, 0.3) is 0 Å². The molecule has 0 aromatic rings. The fourth-order valence-corrected chi connectivity index (χ4v) is 1.70. The van der Waals surface area contributed by atoms with E-state index in [1.165, 1.54) is 0 Å². The third-order valence-corrected chi connectivity index (χ3v) is 2.57. The smallest absolute Gasteiger partial charge is 0.247 e. The molecule has 17 heavy (non-hydrogen) atoms. The molecule has 0 bridgehead atoms. The minimum atomic E-state index is -2.49. The van der Waals surface area contributed by atoms with Crippen LogP contribution in [0.5, 0.6) is 0 Å². The lowest BCUT2D eigenvalue weighted by molar-refractivity contribution is -0.296. The third-order valence-electron chi connectivity index (χ3n) is 2.57. The molecule has 0 spiro atoms. The molecule has 0 saturated carbocycles. The molecule has 0 aromatic carbocycles. The number of nitrogens with one attached hydrogen (secondary N) is 1. The first-order valence-corrected chi connectivity index (χ1v) is 4.96. The molecule has 1 fully saturated rings. The first-order valence-electron chi connectivity index (χ1n) is 4.96. The van der Waals surface area contributed by atoms with E-state index in [-0.39, 0.29) is 6.29 Å². The van der Waals surface area contributed by atoms with E-state index in [4.69, 9.17) is 9.84 Å². The summed E-state index contributed by atoms with van der Waals surface area (Å²) in [4.78, 5) is 21.7. The summed E-state index contributed by atoms with van der Waals surface area (Å²) in [5.74, 6) is -3.11. The average Bonchev–Trinajstić information content (AvgIpc) is 2.29. The Bertz CT molecular complexity index is 310. The van der Waals surface area contributed by atoms with E-state index in [2.05, 4.69) is 5.32 Å². The van der Waals surface area contributed by atoms with E-state index in [1.54, 1.807) is 0 Å². The monoisotopic (exact) mass is 249 g/mol. The normalized spacial score (nSPS) is 41.9. The summed E-state index contributed by atoms with van der Waals surface area (Å²) in [6, 6.07) is -1.50. The number of hydrogen-bond acceptors (Lipinski definition) is 7. The molecular formula is C9H15NO7. The zero-order valence-corrected chi connectivity index (χ0v) is 9.11. The summed E-state index contributed by atoms with van der Waals surface area (Å²) in [6.45, 7) is 0.420. The average molecular weight is 249 g/mol. The SMILES string of the molecule is CC(=O)N[C@@H]1[C@@H](O)[C@H](O)[C@@H](CO)OC1(O)C=O. The Balaban J connectivity index is 2.99. The quantitative estimate of drug-likeness (QED) is 0.327. The van der Waals surface area contributed by atoms with Crippen molar-refractivity contribution in [2.24, 2.45) is 0 Å². The molecule has 1 rings (SSSR count). The van der Waals surface area contributed by atoms with Gasteiger partial charge in [0.25, 0.3) is 0 Å². The standard InChI is InChI=1S/C9H15NO7/c1-4(13)10-8-7(15)6(14)5(2-11)17-9(8,16)3-12/h3,5-8,11,14-16H,2H2,1H3,(H,10,13)/t5-,6-,7+,8-,9?/m1/s1. The molecule has 0 radical (unpaired) electrons. The number of ether oxygens (including phenoxy) is 1. The van der Waals surface area contributed by atoms with Crippen LogP contribution >= 0.6 is 0 Å². The summed E-state index contributed by atoms with van der Waals surface area (Å²) in [5.41, 5.74) is 0. The Kier molecular flexibility index (Phi) is 4.17. The Morgan fingerprint density at radius 1 is 1.47 bits per heavy atom. The van der Waals surface area contributed by atoms with Crippen molar-refractivity contribution >= 4 is 12.2 Å². The molecule has 1 aliphatic rings. The van der Waals surface area contributed by atoms with Gasteiger partial charge in [0.1, 0.15) is 24.4 Å². The van der Waals surface area contributed by atoms with Gasteiger partial charge in [-0.1, -0.05) is 0 Å².